The molecule has 0 heterocycles. The average molecular weight is 200 g/mol. The first-order valence-electron chi connectivity index (χ1n) is 4.86. The van der Waals surface area contributed by atoms with E-state index in [9.17, 15) is 9.59 Å². The van der Waals surface area contributed by atoms with Crippen LogP contribution in [0.4, 0.5) is 4.79 Å². The highest BCUT2D eigenvalue weighted by molar-refractivity contribution is 5.76. The van der Waals surface area contributed by atoms with Crippen LogP contribution in [0.1, 0.15) is 32.6 Å². The number of carbonyl (C=O) groups excluding carboxylic acids is 1. The Hall–Kier alpha value is -1.26. The van der Waals surface area contributed by atoms with E-state index in [1.165, 1.54) is 0 Å². The maximum absolute atomic E-state index is 11.2. The van der Waals surface area contributed by atoms with Crippen LogP contribution in [0, 0.1) is 0 Å². The second-order valence-electron chi connectivity index (χ2n) is 3.74. The molecule has 0 saturated heterocycles. The second kappa shape index (κ2) is 4.83. The average Bonchev–Trinajstić information content (AvgIpc) is 1.94. The molecule has 1 saturated carbocycles. The lowest BCUT2D eigenvalue weighted by atomic mass is 9.93. The summed E-state index contributed by atoms with van der Waals surface area (Å²) in [5.74, 6) is -0.901. The van der Waals surface area contributed by atoms with E-state index in [4.69, 9.17) is 5.11 Å². The molecule has 1 aliphatic carbocycles. The van der Waals surface area contributed by atoms with Crippen molar-refractivity contribution in [1.82, 2.24) is 10.6 Å². The molecule has 1 fully saturated rings. The van der Waals surface area contributed by atoms with Crippen molar-refractivity contribution in [3.63, 3.8) is 0 Å². The van der Waals surface area contributed by atoms with Gasteiger partial charge in [0.25, 0.3) is 0 Å². The summed E-state index contributed by atoms with van der Waals surface area (Å²) in [6, 6.07) is -0.303. The minimum absolute atomic E-state index is 0.0436. The zero-order chi connectivity index (χ0) is 10.6. The molecule has 5 heteroatoms. The number of urea groups is 1. The molecule has 1 unspecified atom stereocenters. The van der Waals surface area contributed by atoms with Crippen LogP contribution in [0.5, 0.6) is 0 Å². The summed E-state index contributed by atoms with van der Waals surface area (Å²) in [5.41, 5.74) is 0. The second-order valence-corrected chi connectivity index (χ2v) is 3.74. The predicted molar refractivity (Wildman–Crippen MR) is 51.0 cm³/mol. The van der Waals surface area contributed by atoms with Crippen molar-refractivity contribution in [3.8, 4) is 0 Å². The minimum Gasteiger partial charge on any atom is -0.481 e. The normalized spacial score (nSPS) is 18.1. The zero-order valence-electron chi connectivity index (χ0n) is 8.25. The van der Waals surface area contributed by atoms with Crippen molar-refractivity contribution in [1.29, 1.82) is 0 Å². The molecule has 1 rings (SSSR count). The van der Waals surface area contributed by atoms with Gasteiger partial charge < -0.3 is 15.7 Å². The van der Waals surface area contributed by atoms with Crippen LogP contribution in [0.2, 0.25) is 0 Å². The Kier molecular flexibility index (Phi) is 3.73. The van der Waals surface area contributed by atoms with Crippen molar-refractivity contribution >= 4 is 12.0 Å². The molecule has 0 aromatic heterocycles. The van der Waals surface area contributed by atoms with Crippen LogP contribution in [-0.2, 0) is 4.79 Å². The van der Waals surface area contributed by atoms with Crippen molar-refractivity contribution in [2.24, 2.45) is 0 Å². The molecule has 1 aliphatic rings. The van der Waals surface area contributed by atoms with Crippen LogP contribution in [0.15, 0.2) is 0 Å². The van der Waals surface area contributed by atoms with Gasteiger partial charge in [0, 0.05) is 12.1 Å². The van der Waals surface area contributed by atoms with Gasteiger partial charge in [0.05, 0.1) is 6.42 Å². The van der Waals surface area contributed by atoms with E-state index in [2.05, 4.69) is 10.6 Å². The van der Waals surface area contributed by atoms with Gasteiger partial charge >= 0.3 is 12.0 Å². The van der Waals surface area contributed by atoms with E-state index in [1.807, 2.05) is 0 Å². The molecule has 1 atom stereocenters. The first-order chi connectivity index (χ1) is 6.58. The SMILES string of the molecule is CC(CC(=O)O)NC(=O)NC1CCC1. The van der Waals surface area contributed by atoms with E-state index in [0.29, 0.717) is 0 Å². The smallest absolute Gasteiger partial charge is 0.315 e. The number of hydrogen-bond donors (Lipinski definition) is 3. The number of carboxylic acids is 1. The molecule has 80 valence electrons. The zero-order valence-corrected chi connectivity index (χ0v) is 8.25. The molecule has 0 radical (unpaired) electrons. The molecule has 0 aliphatic heterocycles. The van der Waals surface area contributed by atoms with Gasteiger partial charge in [0.1, 0.15) is 0 Å². The van der Waals surface area contributed by atoms with Gasteiger partial charge in [-0.15, -0.1) is 0 Å². The third-order valence-corrected chi connectivity index (χ3v) is 2.30. The van der Waals surface area contributed by atoms with E-state index in [1.54, 1.807) is 6.92 Å². The summed E-state index contributed by atoms with van der Waals surface area (Å²) in [6.07, 6.45) is 3.18. The number of hydrogen-bond acceptors (Lipinski definition) is 2. The van der Waals surface area contributed by atoms with E-state index in [-0.39, 0.29) is 24.5 Å². The number of nitrogens with one attached hydrogen (secondary N) is 2. The Balaban J connectivity index is 2.14. The first kappa shape index (κ1) is 10.8. The standard InChI is InChI=1S/C9H16N2O3/c1-6(5-8(12)13)10-9(14)11-7-3-2-4-7/h6-7H,2-5H2,1H3,(H,12,13)(H2,10,11,14). The summed E-state index contributed by atoms with van der Waals surface area (Å²) in [7, 11) is 0. The molecular weight excluding hydrogens is 184 g/mol. The Morgan fingerprint density at radius 2 is 2.14 bits per heavy atom. The van der Waals surface area contributed by atoms with Crippen molar-refractivity contribution < 1.29 is 14.7 Å². The lowest BCUT2D eigenvalue weighted by Gasteiger charge is -2.27. The highest BCUT2D eigenvalue weighted by Gasteiger charge is 2.20. The van der Waals surface area contributed by atoms with E-state index in [0.717, 1.165) is 19.3 Å². The van der Waals surface area contributed by atoms with Gasteiger partial charge in [0.15, 0.2) is 0 Å². The number of amides is 2. The molecule has 0 bridgehead atoms. The summed E-state index contributed by atoms with van der Waals surface area (Å²) >= 11 is 0. The lowest BCUT2D eigenvalue weighted by molar-refractivity contribution is -0.137. The van der Waals surface area contributed by atoms with Crippen molar-refractivity contribution in [3.05, 3.63) is 0 Å². The number of carboxylic acid groups (broad SMARTS) is 1. The third-order valence-electron chi connectivity index (χ3n) is 2.30. The Bertz CT molecular complexity index is 226. The number of rotatable bonds is 4. The maximum atomic E-state index is 11.2. The monoisotopic (exact) mass is 200 g/mol. The minimum atomic E-state index is -0.901. The quantitative estimate of drug-likeness (QED) is 0.625. The largest absolute Gasteiger partial charge is 0.481 e. The van der Waals surface area contributed by atoms with Gasteiger partial charge in [0.2, 0.25) is 0 Å². The number of carbonyl (C=O) groups is 2. The fourth-order valence-electron chi connectivity index (χ4n) is 1.32. The van der Waals surface area contributed by atoms with Gasteiger partial charge in [-0.3, -0.25) is 4.79 Å². The fourth-order valence-corrected chi connectivity index (χ4v) is 1.32. The Morgan fingerprint density at radius 3 is 2.57 bits per heavy atom. The van der Waals surface area contributed by atoms with Gasteiger partial charge in [-0.2, -0.15) is 0 Å². The predicted octanol–water partition coefficient (Wildman–Crippen LogP) is 0.701. The van der Waals surface area contributed by atoms with Crippen molar-refractivity contribution in [2.45, 2.75) is 44.7 Å². The van der Waals surface area contributed by atoms with Gasteiger partial charge in [-0.25, -0.2) is 4.79 Å². The highest BCUT2D eigenvalue weighted by atomic mass is 16.4. The van der Waals surface area contributed by atoms with Gasteiger partial charge in [-0.05, 0) is 26.2 Å². The van der Waals surface area contributed by atoms with Crippen LogP contribution < -0.4 is 10.6 Å². The molecule has 3 N–H and O–H groups in total. The molecule has 0 spiro atoms. The molecule has 5 nitrogen and oxygen atoms in total. The summed E-state index contributed by atoms with van der Waals surface area (Å²) < 4.78 is 0. The topological polar surface area (TPSA) is 78.4 Å². The first-order valence-corrected chi connectivity index (χ1v) is 4.86. The molecule has 2 amide bonds. The summed E-state index contributed by atoms with van der Waals surface area (Å²) in [6.45, 7) is 1.68. The number of aliphatic carboxylic acids is 1. The summed E-state index contributed by atoms with van der Waals surface area (Å²) in [4.78, 5) is 21.5. The highest BCUT2D eigenvalue weighted by Crippen LogP contribution is 2.17. The Morgan fingerprint density at radius 1 is 1.50 bits per heavy atom. The molecule has 0 aromatic carbocycles. The fraction of sp³-hybridized carbons (Fsp3) is 0.778. The summed E-state index contributed by atoms with van der Waals surface area (Å²) in [5, 5.41) is 13.8. The lowest BCUT2D eigenvalue weighted by Crippen LogP contribution is -2.48. The van der Waals surface area contributed by atoms with Crippen LogP contribution >= 0.6 is 0 Å². The van der Waals surface area contributed by atoms with E-state index >= 15 is 0 Å². The third kappa shape index (κ3) is 3.64. The Labute approximate surface area is 82.9 Å². The van der Waals surface area contributed by atoms with Crippen LogP contribution in [0.25, 0.3) is 0 Å². The van der Waals surface area contributed by atoms with Crippen molar-refractivity contribution in [2.75, 3.05) is 0 Å². The van der Waals surface area contributed by atoms with Gasteiger partial charge in [-0.1, -0.05) is 0 Å². The molecular formula is C9H16N2O3. The molecule has 0 aromatic rings. The molecule has 14 heavy (non-hydrogen) atoms. The maximum Gasteiger partial charge on any atom is 0.315 e. The van der Waals surface area contributed by atoms with E-state index < -0.39 is 5.97 Å². The van der Waals surface area contributed by atoms with Crippen LogP contribution in [-0.4, -0.2) is 29.2 Å². The van der Waals surface area contributed by atoms with Crippen LogP contribution in [0.3, 0.4) is 0 Å².